The van der Waals surface area contributed by atoms with E-state index in [1.54, 1.807) is 27.0 Å². The lowest BCUT2D eigenvalue weighted by atomic mass is 9.77. The van der Waals surface area contributed by atoms with Crippen LogP contribution in [0.4, 0.5) is 0 Å². The van der Waals surface area contributed by atoms with E-state index in [0.29, 0.717) is 6.42 Å². The Morgan fingerprint density at radius 2 is 1.68 bits per heavy atom. The van der Waals surface area contributed by atoms with Gasteiger partial charge in [0.1, 0.15) is 5.60 Å². The molecule has 0 aliphatic carbocycles. The average Bonchev–Trinajstić information content (AvgIpc) is 3.16. The lowest BCUT2D eigenvalue weighted by Crippen LogP contribution is -2.47. The molecule has 6 nitrogen and oxygen atoms in total. The van der Waals surface area contributed by atoms with Crippen LogP contribution in [0.3, 0.4) is 0 Å². The number of carbonyl (C=O) groups is 2. The predicted octanol–water partition coefficient (Wildman–Crippen LogP) is 6.34. The van der Waals surface area contributed by atoms with Crippen LogP contribution in [0.1, 0.15) is 39.2 Å². The second-order valence-corrected chi connectivity index (χ2v) is 10.3. The fourth-order valence-electron chi connectivity index (χ4n) is 3.68. The number of fused-ring (bicyclic) bond motifs is 1. The normalized spacial score (nSPS) is 13.5. The molecule has 0 spiro atoms. The summed E-state index contributed by atoms with van der Waals surface area (Å²) in [5.41, 5.74) is 4.93. The van der Waals surface area contributed by atoms with Gasteiger partial charge in [-0.05, 0) is 57.9 Å². The molecule has 0 aliphatic rings. The fourth-order valence-corrected chi connectivity index (χ4v) is 4.26. The number of rotatable bonds is 8. The van der Waals surface area contributed by atoms with E-state index >= 15 is 0 Å². The highest BCUT2D eigenvalue weighted by Gasteiger charge is 2.50. The molecular formula is C25H27Cl3N2O4. The molecule has 0 amide bonds. The van der Waals surface area contributed by atoms with Crippen LogP contribution in [-0.2, 0) is 20.7 Å². The molecule has 3 aromatic rings. The van der Waals surface area contributed by atoms with Gasteiger partial charge in [-0.15, -0.1) is 0 Å². The third-order valence-electron chi connectivity index (χ3n) is 5.33. The molecule has 9 heteroatoms. The van der Waals surface area contributed by atoms with Gasteiger partial charge < -0.3 is 20.2 Å². The first-order valence-corrected chi connectivity index (χ1v) is 12.0. The number of H-pyrrole nitrogens is 1. The molecule has 0 bridgehead atoms. The van der Waals surface area contributed by atoms with Gasteiger partial charge in [0.15, 0.2) is 11.2 Å². The number of aromatic nitrogens is 1. The summed E-state index contributed by atoms with van der Waals surface area (Å²) in [6.07, 6.45) is 2.34. The van der Waals surface area contributed by atoms with E-state index in [9.17, 15) is 9.59 Å². The Bertz CT molecular complexity index is 1200. The molecule has 1 unspecified atom stereocenters. The lowest BCUT2D eigenvalue weighted by Gasteiger charge is -2.32. The molecular weight excluding hydrogens is 499 g/mol. The Labute approximate surface area is 213 Å². The number of ether oxygens (including phenoxy) is 2. The van der Waals surface area contributed by atoms with Crippen molar-refractivity contribution in [3.63, 3.8) is 0 Å². The molecule has 182 valence electrons. The molecule has 1 heterocycles. The van der Waals surface area contributed by atoms with Crippen molar-refractivity contribution in [2.24, 2.45) is 11.1 Å². The molecule has 0 radical (unpaired) electrons. The highest BCUT2D eigenvalue weighted by Crippen LogP contribution is 2.39. The van der Waals surface area contributed by atoms with Crippen LogP contribution in [0.15, 0.2) is 42.6 Å². The maximum Gasteiger partial charge on any atom is 0.329 e. The van der Waals surface area contributed by atoms with Gasteiger partial charge in [-0.3, -0.25) is 9.59 Å². The maximum atomic E-state index is 13.8. The smallest absolute Gasteiger partial charge is 0.329 e. The lowest BCUT2D eigenvalue weighted by molar-refractivity contribution is -0.176. The first kappa shape index (κ1) is 26.4. The molecule has 0 saturated carbocycles. The summed E-state index contributed by atoms with van der Waals surface area (Å²) in [4.78, 5) is 30.6. The van der Waals surface area contributed by atoms with Crippen molar-refractivity contribution in [3.05, 3.63) is 63.2 Å². The monoisotopic (exact) mass is 524 g/mol. The third kappa shape index (κ3) is 5.87. The molecule has 1 aromatic heterocycles. The Hall–Kier alpha value is -2.25. The number of para-hydroxylation sites is 1. The van der Waals surface area contributed by atoms with Crippen molar-refractivity contribution in [1.29, 1.82) is 0 Å². The van der Waals surface area contributed by atoms with Crippen LogP contribution in [0.25, 0.3) is 10.9 Å². The van der Waals surface area contributed by atoms with Gasteiger partial charge in [-0.1, -0.05) is 53.0 Å². The first-order chi connectivity index (χ1) is 16.0. The van der Waals surface area contributed by atoms with Crippen molar-refractivity contribution in [2.45, 2.75) is 45.6 Å². The van der Waals surface area contributed by atoms with Crippen molar-refractivity contribution in [1.82, 2.24) is 4.98 Å². The number of halogens is 3. The van der Waals surface area contributed by atoms with Gasteiger partial charge in [-0.2, -0.15) is 0 Å². The molecule has 0 aliphatic heterocycles. The van der Waals surface area contributed by atoms with Crippen LogP contribution in [0.5, 0.6) is 5.75 Å². The largest absolute Gasteiger partial charge is 0.459 e. The Morgan fingerprint density at radius 1 is 1.00 bits per heavy atom. The van der Waals surface area contributed by atoms with Crippen molar-refractivity contribution in [2.75, 3.05) is 6.54 Å². The van der Waals surface area contributed by atoms with Crippen LogP contribution in [0, 0.1) is 5.41 Å². The minimum Gasteiger partial charge on any atom is -0.459 e. The molecule has 3 N–H and O–H groups in total. The number of hydrogen-bond donors (Lipinski definition) is 2. The van der Waals surface area contributed by atoms with Gasteiger partial charge in [0.2, 0.25) is 0 Å². The van der Waals surface area contributed by atoms with Gasteiger partial charge >= 0.3 is 11.9 Å². The topological polar surface area (TPSA) is 94.4 Å². The second-order valence-electron chi connectivity index (χ2n) is 9.10. The molecule has 0 fully saturated rings. The van der Waals surface area contributed by atoms with Crippen molar-refractivity contribution >= 4 is 57.6 Å². The fraction of sp³-hybridized carbons (Fsp3) is 0.360. The quantitative estimate of drug-likeness (QED) is 0.155. The van der Waals surface area contributed by atoms with E-state index in [2.05, 4.69) is 4.98 Å². The van der Waals surface area contributed by atoms with Crippen LogP contribution < -0.4 is 10.5 Å². The summed E-state index contributed by atoms with van der Waals surface area (Å²) in [5, 5.41) is 1.36. The molecule has 1 atom stereocenters. The SMILES string of the molecule is CC(C)(C)OC(=O)C(CCCN)(Cc1c[nH]c2ccccc12)C(=O)Oc1cc(Cl)c(Cl)cc1Cl. The Morgan fingerprint density at radius 3 is 2.35 bits per heavy atom. The summed E-state index contributed by atoms with van der Waals surface area (Å²) in [6, 6.07) is 10.4. The molecule has 34 heavy (non-hydrogen) atoms. The number of esters is 2. The minimum absolute atomic E-state index is 0.000625. The van der Waals surface area contributed by atoms with E-state index < -0.39 is 23.0 Å². The van der Waals surface area contributed by atoms with Crippen LogP contribution >= 0.6 is 34.8 Å². The van der Waals surface area contributed by atoms with E-state index in [0.717, 1.165) is 16.5 Å². The number of benzene rings is 2. The van der Waals surface area contributed by atoms with Gasteiger partial charge in [0.05, 0.1) is 15.1 Å². The first-order valence-electron chi connectivity index (χ1n) is 10.8. The highest BCUT2D eigenvalue weighted by atomic mass is 35.5. The third-order valence-corrected chi connectivity index (χ3v) is 6.35. The number of aromatic amines is 1. The number of nitrogens with two attached hydrogens (primary N) is 1. The average molecular weight is 526 g/mol. The summed E-state index contributed by atoms with van der Waals surface area (Å²) >= 11 is 18.4. The van der Waals surface area contributed by atoms with Crippen LogP contribution in [-0.4, -0.2) is 29.1 Å². The van der Waals surface area contributed by atoms with E-state index in [4.69, 9.17) is 50.0 Å². The van der Waals surface area contributed by atoms with Gasteiger partial charge in [-0.25, -0.2) is 0 Å². The van der Waals surface area contributed by atoms with E-state index in [-0.39, 0.29) is 40.2 Å². The second kappa shape index (κ2) is 10.6. The van der Waals surface area contributed by atoms with Crippen molar-refractivity contribution in [3.8, 4) is 5.75 Å². The van der Waals surface area contributed by atoms with Crippen LogP contribution in [0.2, 0.25) is 15.1 Å². The van der Waals surface area contributed by atoms with E-state index in [1.165, 1.54) is 12.1 Å². The molecule has 2 aromatic carbocycles. The number of carbonyl (C=O) groups excluding carboxylic acids is 2. The standard InChI is InChI=1S/C25H27Cl3N2O4/c1-24(2,3)34-23(32)25(9-6-10-29,13-15-14-30-20-8-5-4-7-16(15)20)22(31)33-21-12-18(27)17(26)11-19(21)28/h4-5,7-8,11-12,14,30H,6,9-10,13,29H2,1-3H3. The van der Waals surface area contributed by atoms with Gasteiger partial charge in [0, 0.05) is 29.6 Å². The maximum absolute atomic E-state index is 13.8. The minimum atomic E-state index is -1.67. The summed E-state index contributed by atoms with van der Waals surface area (Å²) in [5.74, 6) is -1.50. The number of nitrogens with one attached hydrogen (secondary N) is 1. The summed E-state index contributed by atoms with van der Waals surface area (Å²) in [7, 11) is 0. The summed E-state index contributed by atoms with van der Waals surface area (Å²) in [6.45, 7) is 5.50. The van der Waals surface area contributed by atoms with E-state index in [1.807, 2.05) is 24.3 Å². The Kier molecular flexibility index (Phi) is 8.19. The number of hydrogen-bond acceptors (Lipinski definition) is 5. The highest BCUT2D eigenvalue weighted by molar-refractivity contribution is 6.43. The molecule has 0 saturated heterocycles. The zero-order valence-electron chi connectivity index (χ0n) is 19.2. The van der Waals surface area contributed by atoms with Crippen molar-refractivity contribution < 1.29 is 19.1 Å². The summed E-state index contributed by atoms with van der Waals surface area (Å²) < 4.78 is 11.4. The van der Waals surface area contributed by atoms with Gasteiger partial charge in [0.25, 0.3) is 0 Å². The zero-order chi connectivity index (χ0) is 25.1. The predicted molar refractivity (Wildman–Crippen MR) is 136 cm³/mol. The molecule has 3 rings (SSSR count). The Balaban J connectivity index is 2.10. The zero-order valence-corrected chi connectivity index (χ0v) is 21.5.